The highest BCUT2D eigenvalue weighted by molar-refractivity contribution is 7.10. The molecule has 0 fully saturated rings. The van der Waals surface area contributed by atoms with Crippen molar-refractivity contribution in [2.24, 2.45) is 0 Å². The lowest BCUT2D eigenvalue weighted by Crippen LogP contribution is -2.02. The molecule has 0 amide bonds. The highest BCUT2D eigenvalue weighted by atomic mass is 32.1. The minimum Gasteiger partial charge on any atom is -0.315 e. The van der Waals surface area contributed by atoms with E-state index in [1.54, 1.807) is 0 Å². The molecule has 100 valence electrons. The van der Waals surface area contributed by atoms with Gasteiger partial charge >= 0.3 is 0 Å². The summed E-state index contributed by atoms with van der Waals surface area (Å²) < 4.78 is 0. The van der Waals surface area contributed by atoms with Gasteiger partial charge in [0, 0.05) is 11.4 Å². The monoisotopic (exact) mass is 279 g/mol. The first-order valence-electron chi connectivity index (χ1n) is 7.12. The predicted molar refractivity (Wildman–Crippen MR) is 87.4 cm³/mol. The van der Waals surface area contributed by atoms with Gasteiger partial charge in [-0.3, -0.25) is 0 Å². The lowest BCUT2D eigenvalue weighted by atomic mass is 9.96. The van der Waals surface area contributed by atoms with E-state index in [0.29, 0.717) is 0 Å². The zero-order chi connectivity index (χ0) is 13.5. The average molecular weight is 279 g/mol. The zero-order valence-corrected chi connectivity index (χ0v) is 12.4. The van der Waals surface area contributed by atoms with Gasteiger partial charge in [-0.25, -0.2) is 0 Å². The minimum absolute atomic E-state index is 0.950. The Morgan fingerprint density at radius 2 is 1.95 bits per heavy atom. The van der Waals surface area contributed by atoms with Gasteiger partial charge in [-0.15, -0.1) is 11.3 Å². The number of nitrogens with one attached hydrogen (secondary N) is 1. The summed E-state index contributed by atoms with van der Waals surface area (Å²) in [4.78, 5) is 1.39. The first-order chi connectivity index (χ1) is 9.86. The first kappa shape index (κ1) is 12.1. The van der Waals surface area contributed by atoms with Crippen LogP contribution in [0, 0.1) is 0 Å². The summed E-state index contributed by atoms with van der Waals surface area (Å²) in [5.41, 5.74) is 5.78. The number of rotatable bonds is 3. The van der Waals surface area contributed by atoms with Crippen LogP contribution < -0.4 is 5.32 Å². The Morgan fingerprint density at radius 1 is 1.10 bits per heavy atom. The molecule has 1 N–H and O–H groups in total. The molecule has 20 heavy (non-hydrogen) atoms. The third kappa shape index (κ3) is 1.80. The summed E-state index contributed by atoms with van der Waals surface area (Å²) in [6.45, 7) is 0.950. The van der Waals surface area contributed by atoms with Crippen LogP contribution in [0.25, 0.3) is 21.9 Å². The zero-order valence-electron chi connectivity index (χ0n) is 11.6. The number of aryl methyl sites for hydroxylation is 2. The molecule has 1 aromatic heterocycles. The molecule has 0 aliphatic heterocycles. The van der Waals surface area contributed by atoms with Gasteiger partial charge < -0.3 is 5.32 Å². The maximum absolute atomic E-state index is 3.22. The van der Waals surface area contributed by atoms with Gasteiger partial charge in [-0.05, 0) is 64.4 Å². The molecule has 1 heterocycles. The van der Waals surface area contributed by atoms with E-state index in [2.05, 4.69) is 47.1 Å². The van der Waals surface area contributed by atoms with Crippen LogP contribution in [-0.2, 0) is 19.4 Å². The molecule has 1 aliphatic rings. The smallest absolute Gasteiger partial charge is 0.0296 e. The Balaban J connectivity index is 1.92. The Morgan fingerprint density at radius 3 is 2.80 bits per heavy atom. The van der Waals surface area contributed by atoms with Crippen molar-refractivity contribution in [2.45, 2.75) is 19.4 Å². The second-order valence-corrected chi connectivity index (χ2v) is 6.44. The summed E-state index contributed by atoms with van der Waals surface area (Å²) in [5, 5.41) is 8.44. The van der Waals surface area contributed by atoms with Crippen LogP contribution in [0.2, 0.25) is 0 Å². The van der Waals surface area contributed by atoms with Crippen LogP contribution in [0.4, 0.5) is 0 Å². The predicted octanol–water partition coefficient (Wildman–Crippen LogP) is 4.39. The topological polar surface area (TPSA) is 12.0 Å². The standard InChI is InChI=1S/C18H17NS/c1-19-10-15-9-14(11-20-15)16-8-7-13-6-5-12-3-2-4-17(16)18(12)13/h2-4,7-9,11,19H,5-6,10H2,1H3. The van der Waals surface area contributed by atoms with Crippen molar-refractivity contribution in [2.75, 3.05) is 7.05 Å². The Kier molecular flexibility index (Phi) is 2.86. The fraction of sp³-hybridized carbons (Fsp3) is 0.222. The van der Waals surface area contributed by atoms with Gasteiger partial charge in [0.2, 0.25) is 0 Å². The largest absolute Gasteiger partial charge is 0.315 e. The molecule has 0 unspecified atom stereocenters. The van der Waals surface area contributed by atoms with Gasteiger partial charge in [0.05, 0.1) is 0 Å². The maximum atomic E-state index is 3.22. The van der Waals surface area contributed by atoms with Crippen molar-refractivity contribution in [3.05, 3.63) is 57.8 Å². The van der Waals surface area contributed by atoms with Crippen LogP contribution in [0.3, 0.4) is 0 Å². The average Bonchev–Trinajstić information content (AvgIpc) is 3.09. The van der Waals surface area contributed by atoms with Crippen LogP contribution in [-0.4, -0.2) is 7.05 Å². The summed E-state index contributed by atoms with van der Waals surface area (Å²) in [6, 6.07) is 13.7. The molecule has 1 nitrogen and oxygen atoms in total. The Labute approximate surface area is 123 Å². The van der Waals surface area contributed by atoms with E-state index in [4.69, 9.17) is 0 Å². The van der Waals surface area contributed by atoms with E-state index in [1.807, 2.05) is 18.4 Å². The fourth-order valence-corrected chi connectivity index (χ4v) is 4.18. The maximum Gasteiger partial charge on any atom is 0.0296 e. The molecule has 2 heteroatoms. The van der Waals surface area contributed by atoms with Gasteiger partial charge in [-0.1, -0.05) is 30.3 Å². The quantitative estimate of drug-likeness (QED) is 0.750. The molecular weight excluding hydrogens is 262 g/mol. The second-order valence-electron chi connectivity index (χ2n) is 5.44. The summed E-state index contributed by atoms with van der Waals surface area (Å²) >= 11 is 1.84. The molecule has 4 rings (SSSR count). The molecule has 1 aliphatic carbocycles. The van der Waals surface area contributed by atoms with Crippen molar-refractivity contribution in [3.63, 3.8) is 0 Å². The number of hydrogen-bond acceptors (Lipinski definition) is 2. The number of benzene rings is 2. The van der Waals surface area contributed by atoms with Crippen molar-refractivity contribution in [3.8, 4) is 11.1 Å². The minimum atomic E-state index is 0.950. The lowest BCUT2D eigenvalue weighted by molar-refractivity contribution is 0.831. The van der Waals surface area contributed by atoms with Crippen LogP contribution in [0.1, 0.15) is 16.0 Å². The van der Waals surface area contributed by atoms with E-state index in [-0.39, 0.29) is 0 Å². The van der Waals surface area contributed by atoms with Gasteiger partial charge in [-0.2, -0.15) is 0 Å². The highest BCUT2D eigenvalue weighted by Gasteiger charge is 2.16. The Bertz CT molecular complexity index is 775. The van der Waals surface area contributed by atoms with Crippen LogP contribution in [0.15, 0.2) is 41.8 Å². The second kappa shape index (κ2) is 4.72. The highest BCUT2D eigenvalue weighted by Crippen LogP contribution is 2.38. The van der Waals surface area contributed by atoms with Crippen molar-refractivity contribution in [1.82, 2.24) is 5.32 Å². The SMILES string of the molecule is CNCc1cc(-c2ccc3c4c(cccc24)CC3)cs1. The van der Waals surface area contributed by atoms with E-state index in [0.717, 1.165) is 6.54 Å². The van der Waals surface area contributed by atoms with Gasteiger partial charge in [0.25, 0.3) is 0 Å². The lowest BCUT2D eigenvalue weighted by Gasteiger charge is -2.07. The summed E-state index contributed by atoms with van der Waals surface area (Å²) in [5.74, 6) is 0. The molecule has 0 radical (unpaired) electrons. The molecule has 0 bridgehead atoms. The molecule has 2 aromatic carbocycles. The molecule has 0 atom stereocenters. The molecular formula is C18H17NS. The van der Waals surface area contributed by atoms with Gasteiger partial charge in [0.1, 0.15) is 0 Å². The van der Waals surface area contributed by atoms with Crippen molar-refractivity contribution < 1.29 is 0 Å². The normalized spacial score (nSPS) is 13.2. The van der Waals surface area contributed by atoms with E-state index in [9.17, 15) is 0 Å². The van der Waals surface area contributed by atoms with E-state index < -0.39 is 0 Å². The fourth-order valence-electron chi connectivity index (χ4n) is 3.29. The molecule has 0 saturated heterocycles. The molecule has 0 spiro atoms. The third-order valence-corrected chi connectivity index (χ3v) is 5.13. The van der Waals surface area contributed by atoms with Gasteiger partial charge in [0.15, 0.2) is 0 Å². The van der Waals surface area contributed by atoms with Crippen molar-refractivity contribution >= 4 is 22.1 Å². The summed E-state index contributed by atoms with van der Waals surface area (Å²) in [7, 11) is 2.00. The third-order valence-electron chi connectivity index (χ3n) is 4.19. The first-order valence-corrected chi connectivity index (χ1v) is 8.00. The number of hydrogen-bond donors (Lipinski definition) is 1. The number of thiophene rings is 1. The Hall–Kier alpha value is -1.64. The van der Waals surface area contributed by atoms with E-state index >= 15 is 0 Å². The molecule has 0 saturated carbocycles. The molecule has 3 aromatic rings. The van der Waals surface area contributed by atoms with Crippen LogP contribution >= 0.6 is 11.3 Å². The van der Waals surface area contributed by atoms with Crippen molar-refractivity contribution in [1.29, 1.82) is 0 Å². The summed E-state index contributed by atoms with van der Waals surface area (Å²) in [6.07, 6.45) is 2.40. The van der Waals surface area contributed by atoms with E-state index in [1.165, 1.54) is 50.7 Å². The van der Waals surface area contributed by atoms with Crippen LogP contribution in [0.5, 0.6) is 0 Å².